The molecule has 4 nitrogen and oxygen atoms in total. The van der Waals surface area contributed by atoms with E-state index in [0.29, 0.717) is 12.1 Å². The Kier molecular flexibility index (Phi) is 2.93. The molecule has 0 saturated carbocycles. The van der Waals surface area contributed by atoms with Crippen LogP contribution in [-0.4, -0.2) is 41.4 Å². The first kappa shape index (κ1) is 10.8. The second-order valence-corrected chi connectivity index (χ2v) is 3.68. The van der Waals surface area contributed by atoms with Crippen LogP contribution in [0.1, 0.15) is 20.3 Å². The lowest BCUT2D eigenvalue weighted by Gasteiger charge is -2.19. The van der Waals surface area contributed by atoms with Gasteiger partial charge in [0.25, 0.3) is 5.91 Å². The Hall–Kier alpha value is -1.32. The predicted molar refractivity (Wildman–Crippen MR) is 53.8 cm³/mol. The van der Waals surface area contributed by atoms with Crippen LogP contribution in [0.4, 0.5) is 4.79 Å². The van der Waals surface area contributed by atoms with Gasteiger partial charge in [-0.25, -0.2) is 4.79 Å². The van der Waals surface area contributed by atoms with Crippen molar-refractivity contribution in [2.75, 3.05) is 13.6 Å². The van der Waals surface area contributed by atoms with Crippen molar-refractivity contribution in [1.82, 2.24) is 9.80 Å². The van der Waals surface area contributed by atoms with Crippen LogP contribution in [-0.2, 0) is 4.79 Å². The van der Waals surface area contributed by atoms with E-state index in [-0.39, 0.29) is 18.0 Å². The zero-order valence-electron chi connectivity index (χ0n) is 8.91. The summed E-state index contributed by atoms with van der Waals surface area (Å²) in [4.78, 5) is 26.1. The summed E-state index contributed by atoms with van der Waals surface area (Å²) in [7, 11) is 1.71. The van der Waals surface area contributed by atoms with Crippen LogP contribution < -0.4 is 0 Å². The molecule has 14 heavy (non-hydrogen) atoms. The Morgan fingerprint density at radius 2 is 2.21 bits per heavy atom. The molecule has 78 valence electrons. The molecule has 0 aliphatic carbocycles. The molecule has 1 aliphatic rings. The van der Waals surface area contributed by atoms with Gasteiger partial charge in [0.2, 0.25) is 0 Å². The van der Waals surface area contributed by atoms with Crippen molar-refractivity contribution in [2.45, 2.75) is 26.3 Å². The van der Waals surface area contributed by atoms with Crippen LogP contribution >= 0.6 is 0 Å². The number of hydrogen-bond acceptors (Lipinski definition) is 2. The number of hydrogen-bond donors (Lipinski definition) is 0. The lowest BCUT2D eigenvalue weighted by Crippen LogP contribution is -2.39. The fraction of sp³-hybridized carbons (Fsp3) is 0.600. The van der Waals surface area contributed by atoms with Crippen molar-refractivity contribution in [3.8, 4) is 0 Å². The lowest BCUT2D eigenvalue weighted by atomic mass is 10.2. The van der Waals surface area contributed by atoms with Gasteiger partial charge in [0.1, 0.15) is 0 Å². The highest BCUT2D eigenvalue weighted by atomic mass is 16.2. The third-order valence-electron chi connectivity index (χ3n) is 2.44. The normalized spacial score (nSPS) is 21.6. The molecule has 0 aromatic heterocycles. The molecule has 1 heterocycles. The molecule has 1 saturated heterocycles. The highest BCUT2D eigenvalue weighted by Crippen LogP contribution is 2.18. The third-order valence-corrected chi connectivity index (χ3v) is 2.44. The van der Waals surface area contributed by atoms with Crippen LogP contribution in [0, 0.1) is 0 Å². The molecular formula is C10H16N2O2. The maximum atomic E-state index is 11.6. The first-order chi connectivity index (χ1) is 6.49. The quantitative estimate of drug-likeness (QED) is 0.623. The van der Waals surface area contributed by atoms with Gasteiger partial charge < -0.3 is 4.90 Å². The number of imide groups is 1. The fourth-order valence-electron chi connectivity index (χ4n) is 1.59. The first-order valence-electron chi connectivity index (χ1n) is 4.73. The van der Waals surface area contributed by atoms with Crippen molar-refractivity contribution in [2.24, 2.45) is 0 Å². The van der Waals surface area contributed by atoms with Gasteiger partial charge in [0.05, 0.1) is 6.04 Å². The van der Waals surface area contributed by atoms with E-state index >= 15 is 0 Å². The van der Waals surface area contributed by atoms with E-state index in [1.807, 2.05) is 6.92 Å². The average molecular weight is 196 g/mol. The molecule has 1 rings (SSSR count). The van der Waals surface area contributed by atoms with E-state index in [9.17, 15) is 9.59 Å². The van der Waals surface area contributed by atoms with Crippen LogP contribution in [0.5, 0.6) is 0 Å². The lowest BCUT2D eigenvalue weighted by molar-refractivity contribution is -0.125. The second kappa shape index (κ2) is 3.82. The summed E-state index contributed by atoms with van der Waals surface area (Å²) in [5, 5.41) is 0. The van der Waals surface area contributed by atoms with Crippen LogP contribution in [0.2, 0.25) is 0 Å². The Morgan fingerprint density at radius 3 is 2.64 bits per heavy atom. The monoisotopic (exact) mass is 196 g/mol. The molecular weight excluding hydrogens is 180 g/mol. The summed E-state index contributed by atoms with van der Waals surface area (Å²) >= 11 is 0. The molecule has 0 aromatic rings. The van der Waals surface area contributed by atoms with Crippen molar-refractivity contribution in [3.05, 3.63) is 12.2 Å². The number of carbonyl (C=O) groups excluding carboxylic acids is 2. The maximum absolute atomic E-state index is 11.6. The van der Waals surface area contributed by atoms with E-state index in [1.165, 1.54) is 4.90 Å². The molecule has 3 amide bonds. The van der Waals surface area contributed by atoms with Crippen LogP contribution in [0.25, 0.3) is 0 Å². The van der Waals surface area contributed by atoms with E-state index in [1.54, 1.807) is 18.9 Å². The molecule has 4 heteroatoms. The minimum atomic E-state index is -0.258. The van der Waals surface area contributed by atoms with Crippen LogP contribution in [0.3, 0.4) is 0 Å². The topological polar surface area (TPSA) is 40.6 Å². The molecule has 0 radical (unpaired) electrons. The smallest absolute Gasteiger partial charge is 0.325 e. The summed E-state index contributed by atoms with van der Waals surface area (Å²) < 4.78 is 0. The molecule has 1 fully saturated rings. The van der Waals surface area contributed by atoms with Crippen LogP contribution in [0.15, 0.2) is 12.2 Å². The van der Waals surface area contributed by atoms with Crippen molar-refractivity contribution < 1.29 is 9.59 Å². The number of likely N-dealkylation sites (N-methyl/N-ethyl adjacent to an activating group) is 1. The molecule has 1 aliphatic heterocycles. The minimum Gasteiger partial charge on any atom is -0.325 e. The summed E-state index contributed by atoms with van der Waals surface area (Å²) in [6.07, 6.45) is 0.787. The Balaban J connectivity index is 2.89. The molecule has 0 spiro atoms. The van der Waals surface area contributed by atoms with E-state index in [0.717, 1.165) is 6.42 Å². The number of carbonyl (C=O) groups is 2. The van der Waals surface area contributed by atoms with Gasteiger partial charge in [0, 0.05) is 19.2 Å². The van der Waals surface area contributed by atoms with Gasteiger partial charge in [-0.2, -0.15) is 0 Å². The number of nitrogens with zero attached hydrogens (tertiary/aromatic N) is 2. The Morgan fingerprint density at radius 1 is 1.64 bits per heavy atom. The summed E-state index contributed by atoms with van der Waals surface area (Å²) in [6.45, 7) is 7.78. The highest BCUT2D eigenvalue weighted by molar-refractivity contribution is 6.04. The zero-order chi connectivity index (χ0) is 10.9. The average Bonchev–Trinajstić information content (AvgIpc) is 2.42. The van der Waals surface area contributed by atoms with Gasteiger partial charge in [-0.05, 0) is 13.3 Å². The number of urea groups is 1. The first-order valence-corrected chi connectivity index (χ1v) is 4.73. The van der Waals surface area contributed by atoms with Crippen molar-refractivity contribution in [1.29, 1.82) is 0 Å². The van der Waals surface area contributed by atoms with Gasteiger partial charge in [-0.3, -0.25) is 9.69 Å². The highest BCUT2D eigenvalue weighted by Gasteiger charge is 2.38. The molecule has 1 atom stereocenters. The molecule has 0 N–H and O–H groups in total. The molecule has 1 unspecified atom stereocenters. The van der Waals surface area contributed by atoms with Crippen molar-refractivity contribution in [3.63, 3.8) is 0 Å². The Bertz CT molecular complexity index is 286. The third kappa shape index (κ3) is 1.64. The SMILES string of the molecule is C=C(C)C(=O)N1C(=O)N(C)CC1CC. The molecule has 0 aromatic carbocycles. The largest absolute Gasteiger partial charge is 0.327 e. The minimum absolute atomic E-state index is 0.00306. The van der Waals surface area contributed by atoms with Gasteiger partial charge in [-0.1, -0.05) is 13.5 Å². The second-order valence-electron chi connectivity index (χ2n) is 3.68. The standard InChI is InChI=1S/C10H16N2O2/c1-5-8-6-11(4)10(14)12(8)9(13)7(2)3/h8H,2,5-6H2,1,3-4H3. The van der Waals surface area contributed by atoms with Gasteiger partial charge >= 0.3 is 6.03 Å². The zero-order valence-corrected chi connectivity index (χ0v) is 8.91. The molecule has 0 bridgehead atoms. The number of rotatable bonds is 2. The van der Waals surface area contributed by atoms with Gasteiger partial charge in [-0.15, -0.1) is 0 Å². The van der Waals surface area contributed by atoms with Crippen molar-refractivity contribution >= 4 is 11.9 Å². The fourth-order valence-corrected chi connectivity index (χ4v) is 1.59. The summed E-state index contributed by atoms with van der Waals surface area (Å²) in [5.41, 5.74) is 0.409. The maximum Gasteiger partial charge on any atom is 0.327 e. The van der Waals surface area contributed by atoms with E-state index in [2.05, 4.69) is 6.58 Å². The van der Waals surface area contributed by atoms with E-state index < -0.39 is 0 Å². The number of amides is 3. The summed E-state index contributed by atoms with van der Waals surface area (Å²) in [6, 6.07) is -0.221. The summed E-state index contributed by atoms with van der Waals surface area (Å²) in [5.74, 6) is -0.258. The predicted octanol–water partition coefficient (Wildman–Crippen LogP) is 1.24. The van der Waals surface area contributed by atoms with Gasteiger partial charge in [0.15, 0.2) is 0 Å². The Labute approximate surface area is 84.2 Å². The van der Waals surface area contributed by atoms with E-state index in [4.69, 9.17) is 0 Å².